The second-order valence-electron chi connectivity index (χ2n) is 5.54. The minimum Gasteiger partial charge on any atom is -0.340 e. The summed E-state index contributed by atoms with van der Waals surface area (Å²) in [6.07, 6.45) is 0.811. The third-order valence-electron chi connectivity index (χ3n) is 3.32. The lowest BCUT2D eigenvalue weighted by atomic mass is 10.1. The van der Waals surface area contributed by atoms with Crippen LogP contribution in [0.25, 0.3) is 0 Å². The zero-order valence-corrected chi connectivity index (χ0v) is 13.3. The molecule has 2 rings (SSSR count). The van der Waals surface area contributed by atoms with Crippen molar-refractivity contribution in [3.8, 4) is 0 Å². The maximum absolute atomic E-state index is 12.0. The minimum absolute atomic E-state index is 0.0837. The standard InChI is InChI=1S/C13H21BrN4O/c1-9(2)8-10-11(14)12(19)16-13(15-10)18-6-4-17(3)5-7-18/h9H,4-8H2,1-3H3,(H,15,16,19). The van der Waals surface area contributed by atoms with Gasteiger partial charge in [0.25, 0.3) is 5.56 Å². The summed E-state index contributed by atoms with van der Waals surface area (Å²) >= 11 is 3.34. The molecule has 1 N–H and O–H groups in total. The molecule has 6 heteroatoms. The first-order valence-electron chi connectivity index (χ1n) is 6.69. The average Bonchev–Trinajstić information content (AvgIpc) is 2.35. The number of hydrogen-bond acceptors (Lipinski definition) is 4. The number of piperazine rings is 1. The molecule has 0 unspecified atom stereocenters. The van der Waals surface area contributed by atoms with Gasteiger partial charge in [0.2, 0.25) is 5.95 Å². The van der Waals surface area contributed by atoms with Crippen molar-refractivity contribution in [2.45, 2.75) is 20.3 Å². The van der Waals surface area contributed by atoms with E-state index >= 15 is 0 Å². The quantitative estimate of drug-likeness (QED) is 0.913. The summed E-state index contributed by atoms with van der Waals surface area (Å²) < 4.78 is 0.569. The van der Waals surface area contributed by atoms with E-state index < -0.39 is 0 Å². The molecule has 0 aromatic carbocycles. The van der Waals surface area contributed by atoms with E-state index in [0.29, 0.717) is 16.3 Å². The SMILES string of the molecule is CC(C)Cc1nc(N2CCN(C)CC2)[nH]c(=O)c1Br. The molecule has 0 atom stereocenters. The molecule has 1 aromatic rings. The van der Waals surface area contributed by atoms with E-state index in [4.69, 9.17) is 0 Å². The zero-order chi connectivity index (χ0) is 14.0. The maximum Gasteiger partial charge on any atom is 0.266 e. The molecule has 2 heterocycles. The van der Waals surface area contributed by atoms with Gasteiger partial charge in [0, 0.05) is 26.2 Å². The summed E-state index contributed by atoms with van der Waals surface area (Å²) in [4.78, 5) is 23.9. The zero-order valence-electron chi connectivity index (χ0n) is 11.7. The minimum atomic E-state index is -0.0837. The second-order valence-corrected chi connectivity index (χ2v) is 6.33. The van der Waals surface area contributed by atoms with Crippen molar-refractivity contribution < 1.29 is 0 Å². The Bertz CT molecular complexity index is 492. The van der Waals surface area contributed by atoms with Crippen molar-refractivity contribution in [2.24, 2.45) is 5.92 Å². The van der Waals surface area contributed by atoms with Gasteiger partial charge in [0.1, 0.15) is 4.47 Å². The monoisotopic (exact) mass is 328 g/mol. The van der Waals surface area contributed by atoms with Crippen LogP contribution < -0.4 is 10.5 Å². The van der Waals surface area contributed by atoms with Crippen LogP contribution >= 0.6 is 15.9 Å². The Morgan fingerprint density at radius 1 is 1.32 bits per heavy atom. The van der Waals surface area contributed by atoms with Crippen LogP contribution in [-0.2, 0) is 6.42 Å². The number of aromatic nitrogens is 2. The number of anilines is 1. The lowest BCUT2D eigenvalue weighted by molar-refractivity contribution is 0.311. The third kappa shape index (κ3) is 3.57. The lowest BCUT2D eigenvalue weighted by Gasteiger charge is -2.32. The van der Waals surface area contributed by atoms with Crippen molar-refractivity contribution >= 4 is 21.9 Å². The first-order chi connectivity index (χ1) is 8.97. The average molecular weight is 329 g/mol. The fraction of sp³-hybridized carbons (Fsp3) is 0.692. The Kier molecular flexibility index (Phi) is 4.62. The van der Waals surface area contributed by atoms with Crippen LogP contribution in [0.15, 0.2) is 9.27 Å². The van der Waals surface area contributed by atoms with E-state index in [2.05, 4.69) is 56.6 Å². The van der Waals surface area contributed by atoms with Crippen molar-refractivity contribution in [1.82, 2.24) is 14.9 Å². The van der Waals surface area contributed by atoms with Crippen LogP contribution in [0.3, 0.4) is 0 Å². The molecule has 0 aliphatic carbocycles. The van der Waals surface area contributed by atoms with Gasteiger partial charge in [0.15, 0.2) is 0 Å². The molecule has 0 amide bonds. The summed E-state index contributed by atoms with van der Waals surface area (Å²) in [7, 11) is 2.11. The molecule has 1 aliphatic heterocycles. The number of hydrogen-bond donors (Lipinski definition) is 1. The maximum atomic E-state index is 12.0. The topological polar surface area (TPSA) is 52.2 Å². The number of halogens is 1. The predicted molar refractivity (Wildman–Crippen MR) is 80.8 cm³/mol. The number of aromatic amines is 1. The van der Waals surface area contributed by atoms with Gasteiger partial charge < -0.3 is 9.80 Å². The summed E-state index contributed by atoms with van der Waals surface area (Å²) in [6, 6.07) is 0. The highest BCUT2D eigenvalue weighted by atomic mass is 79.9. The van der Waals surface area contributed by atoms with Crippen molar-refractivity contribution in [2.75, 3.05) is 38.1 Å². The molecule has 1 saturated heterocycles. The fourth-order valence-electron chi connectivity index (χ4n) is 2.18. The van der Waals surface area contributed by atoms with Crippen LogP contribution in [-0.4, -0.2) is 48.1 Å². The molecule has 0 radical (unpaired) electrons. The Morgan fingerprint density at radius 2 is 1.95 bits per heavy atom. The van der Waals surface area contributed by atoms with Crippen molar-refractivity contribution in [1.29, 1.82) is 0 Å². The van der Waals surface area contributed by atoms with Crippen LogP contribution in [0.2, 0.25) is 0 Å². The Balaban J connectivity index is 2.26. The van der Waals surface area contributed by atoms with Crippen molar-refractivity contribution in [3.63, 3.8) is 0 Å². The van der Waals surface area contributed by atoms with Crippen LogP contribution in [0, 0.1) is 5.92 Å². The van der Waals surface area contributed by atoms with Gasteiger partial charge in [-0.15, -0.1) is 0 Å². The predicted octanol–water partition coefficient (Wildman–Crippen LogP) is 1.48. The number of nitrogens with one attached hydrogen (secondary N) is 1. The molecule has 5 nitrogen and oxygen atoms in total. The Hall–Kier alpha value is -0.880. The highest BCUT2D eigenvalue weighted by molar-refractivity contribution is 9.10. The number of rotatable bonds is 3. The van der Waals surface area contributed by atoms with Gasteiger partial charge in [-0.2, -0.15) is 0 Å². The normalized spacial score (nSPS) is 17.2. The van der Waals surface area contributed by atoms with Gasteiger partial charge in [-0.1, -0.05) is 13.8 Å². The molecule has 0 spiro atoms. The largest absolute Gasteiger partial charge is 0.340 e. The second kappa shape index (κ2) is 6.05. The molecule has 1 aromatic heterocycles. The van der Waals surface area contributed by atoms with Crippen LogP contribution in [0.5, 0.6) is 0 Å². The summed E-state index contributed by atoms with van der Waals surface area (Å²) in [5.74, 6) is 1.18. The summed E-state index contributed by atoms with van der Waals surface area (Å²) in [5, 5.41) is 0. The first-order valence-corrected chi connectivity index (χ1v) is 7.49. The third-order valence-corrected chi connectivity index (χ3v) is 4.14. The molecule has 1 fully saturated rings. The Morgan fingerprint density at radius 3 is 2.53 bits per heavy atom. The molecule has 1 aliphatic rings. The number of H-pyrrole nitrogens is 1. The van der Waals surface area contributed by atoms with E-state index in [9.17, 15) is 4.79 Å². The molecule has 19 heavy (non-hydrogen) atoms. The van der Waals surface area contributed by atoms with Crippen molar-refractivity contribution in [3.05, 3.63) is 20.5 Å². The smallest absolute Gasteiger partial charge is 0.266 e. The fourth-order valence-corrected chi connectivity index (χ4v) is 2.53. The Labute approximate surface area is 122 Å². The van der Waals surface area contributed by atoms with Gasteiger partial charge in [0.05, 0.1) is 5.69 Å². The lowest BCUT2D eigenvalue weighted by Crippen LogP contribution is -2.45. The van der Waals surface area contributed by atoms with Crippen LogP contribution in [0.1, 0.15) is 19.5 Å². The highest BCUT2D eigenvalue weighted by Crippen LogP contribution is 2.17. The molecule has 0 bridgehead atoms. The highest BCUT2D eigenvalue weighted by Gasteiger charge is 2.18. The van der Waals surface area contributed by atoms with E-state index in [1.807, 2.05) is 0 Å². The van der Waals surface area contributed by atoms with E-state index in [1.54, 1.807) is 0 Å². The van der Waals surface area contributed by atoms with E-state index in [0.717, 1.165) is 38.3 Å². The number of nitrogens with zero attached hydrogens (tertiary/aromatic N) is 3. The molecular weight excluding hydrogens is 308 g/mol. The number of likely N-dealkylation sites (N-methyl/N-ethyl adjacent to an activating group) is 1. The van der Waals surface area contributed by atoms with Gasteiger partial charge >= 0.3 is 0 Å². The van der Waals surface area contributed by atoms with Gasteiger partial charge in [-0.25, -0.2) is 4.98 Å². The van der Waals surface area contributed by atoms with E-state index in [-0.39, 0.29) is 5.56 Å². The van der Waals surface area contributed by atoms with Crippen LogP contribution in [0.4, 0.5) is 5.95 Å². The summed E-state index contributed by atoms with van der Waals surface area (Å²) in [5.41, 5.74) is 0.771. The first kappa shape index (κ1) is 14.5. The van der Waals surface area contributed by atoms with E-state index in [1.165, 1.54) is 0 Å². The van der Waals surface area contributed by atoms with Gasteiger partial charge in [-0.05, 0) is 35.3 Å². The molecular formula is C13H21BrN4O. The summed E-state index contributed by atoms with van der Waals surface area (Å²) in [6.45, 7) is 8.07. The molecule has 0 saturated carbocycles. The van der Waals surface area contributed by atoms with Gasteiger partial charge in [-0.3, -0.25) is 9.78 Å². The molecule has 106 valence electrons.